The fourth-order valence-corrected chi connectivity index (χ4v) is 3.42. The Morgan fingerprint density at radius 2 is 1.67 bits per heavy atom. The predicted octanol–water partition coefficient (Wildman–Crippen LogP) is 3.20. The third kappa shape index (κ3) is 4.18. The van der Waals surface area contributed by atoms with Crippen LogP contribution in [0.1, 0.15) is 30.5 Å². The summed E-state index contributed by atoms with van der Waals surface area (Å²) in [5.74, 6) is 0. The first-order chi connectivity index (χ1) is 11.4. The first-order valence-electron chi connectivity index (χ1n) is 7.72. The minimum absolute atomic E-state index is 0.0118. The highest BCUT2D eigenvalue weighted by Crippen LogP contribution is 2.18. The van der Waals surface area contributed by atoms with Crippen LogP contribution in [0.3, 0.4) is 0 Å². The standard InChI is InChI=1S/C17H20N2O4S/c1-3-13-5-6-14(4-2)15(11-13)12-18-24(22,23)17-9-7-16(8-10-17)19(20)21/h5-11,18H,3-4,12H2,1-2H3. The molecule has 2 aromatic carbocycles. The van der Waals surface area contributed by atoms with E-state index in [0.29, 0.717) is 0 Å². The normalized spacial score (nSPS) is 11.4. The van der Waals surface area contributed by atoms with E-state index in [0.717, 1.165) is 29.5 Å². The van der Waals surface area contributed by atoms with E-state index in [4.69, 9.17) is 0 Å². The Labute approximate surface area is 141 Å². The summed E-state index contributed by atoms with van der Waals surface area (Å²) >= 11 is 0. The lowest BCUT2D eigenvalue weighted by Gasteiger charge is -2.12. The van der Waals surface area contributed by atoms with E-state index in [1.807, 2.05) is 32.0 Å². The molecular weight excluding hydrogens is 328 g/mol. The van der Waals surface area contributed by atoms with Gasteiger partial charge in [0.25, 0.3) is 5.69 Å². The molecule has 0 saturated carbocycles. The smallest absolute Gasteiger partial charge is 0.258 e. The minimum atomic E-state index is -3.72. The van der Waals surface area contributed by atoms with Gasteiger partial charge in [-0.2, -0.15) is 0 Å². The van der Waals surface area contributed by atoms with Gasteiger partial charge in [-0.3, -0.25) is 10.1 Å². The topological polar surface area (TPSA) is 89.3 Å². The van der Waals surface area contributed by atoms with Crippen molar-refractivity contribution in [2.75, 3.05) is 0 Å². The molecular formula is C17H20N2O4S. The summed E-state index contributed by atoms with van der Waals surface area (Å²) in [6.07, 6.45) is 1.70. The molecule has 0 radical (unpaired) electrons. The number of aryl methyl sites for hydroxylation is 2. The van der Waals surface area contributed by atoms with Crippen molar-refractivity contribution >= 4 is 15.7 Å². The largest absolute Gasteiger partial charge is 0.269 e. The highest BCUT2D eigenvalue weighted by Gasteiger charge is 2.16. The molecule has 0 aliphatic heterocycles. The number of nitrogens with one attached hydrogen (secondary N) is 1. The van der Waals surface area contributed by atoms with Gasteiger partial charge in [-0.05, 0) is 41.7 Å². The van der Waals surface area contributed by atoms with Gasteiger partial charge in [0.05, 0.1) is 9.82 Å². The molecule has 0 saturated heterocycles. The summed E-state index contributed by atoms with van der Waals surface area (Å²) in [5.41, 5.74) is 3.05. The summed E-state index contributed by atoms with van der Waals surface area (Å²) in [6, 6.07) is 10.9. The van der Waals surface area contributed by atoms with E-state index in [-0.39, 0.29) is 17.1 Å². The number of sulfonamides is 1. The molecule has 0 bridgehead atoms. The van der Waals surface area contributed by atoms with E-state index in [1.165, 1.54) is 24.3 Å². The van der Waals surface area contributed by atoms with Crippen molar-refractivity contribution in [3.63, 3.8) is 0 Å². The van der Waals surface area contributed by atoms with Crippen LogP contribution in [0.5, 0.6) is 0 Å². The lowest BCUT2D eigenvalue weighted by atomic mass is 10.0. The molecule has 0 aliphatic rings. The monoisotopic (exact) mass is 348 g/mol. The van der Waals surface area contributed by atoms with Crippen molar-refractivity contribution in [3.8, 4) is 0 Å². The fourth-order valence-electron chi connectivity index (χ4n) is 2.41. The quantitative estimate of drug-likeness (QED) is 0.614. The second kappa shape index (κ2) is 7.55. The molecule has 7 heteroatoms. The summed E-state index contributed by atoms with van der Waals surface area (Å²) in [5, 5.41) is 10.6. The summed E-state index contributed by atoms with van der Waals surface area (Å²) in [7, 11) is -3.72. The van der Waals surface area contributed by atoms with Gasteiger partial charge in [0.2, 0.25) is 10.0 Å². The molecule has 0 aliphatic carbocycles. The minimum Gasteiger partial charge on any atom is -0.258 e. The Hall–Kier alpha value is -2.25. The van der Waals surface area contributed by atoms with E-state index in [9.17, 15) is 18.5 Å². The van der Waals surface area contributed by atoms with Crippen LogP contribution in [0, 0.1) is 10.1 Å². The molecule has 0 unspecified atom stereocenters. The molecule has 0 amide bonds. The average molecular weight is 348 g/mol. The van der Waals surface area contributed by atoms with Crippen molar-refractivity contribution in [1.29, 1.82) is 0 Å². The number of rotatable bonds is 7. The Morgan fingerprint density at radius 1 is 1.00 bits per heavy atom. The number of nitrogens with zero attached hydrogens (tertiary/aromatic N) is 1. The number of benzene rings is 2. The van der Waals surface area contributed by atoms with Crippen LogP contribution in [-0.4, -0.2) is 13.3 Å². The SMILES string of the molecule is CCc1ccc(CC)c(CNS(=O)(=O)c2ccc([N+](=O)[O-])cc2)c1. The molecule has 1 N–H and O–H groups in total. The van der Waals surface area contributed by atoms with Crippen LogP contribution in [0.4, 0.5) is 5.69 Å². The molecule has 0 spiro atoms. The molecule has 2 aromatic rings. The molecule has 2 rings (SSSR count). The van der Waals surface area contributed by atoms with Gasteiger partial charge in [0.1, 0.15) is 0 Å². The number of nitro groups is 1. The number of hydrogen-bond acceptors (Lipinski definition) is 4. The lowest BCUT2D eigenvalue weighted by molar-refractivity contribution is -0.384. The van der Waals surface area contributed by atoms with Crippen molar-refractivity contribution in [3.05, 3.63) is 69.3 Å². The van der Waals surface area contributed by atoms with E-state index in [2.05, 4.69) is 4.72 Å². The number of hydrogen-bond donors (Lipinski definition) is 1. The molecule has 24 heavy (non-hydrogen) atoms. The first kappa shape index (κ1) is 18.1. The lowest BCUT2D eigenvalue weighted by Crippen LogP contribution is -2.24. The molecule has 128 valence electrons. The van der Waals surface area contributed by atoms with Crippen LogP contribution in [0.15, 0.2) is 47.4 Å². The zero-order valence-electron chi connectivity index (χ0n) is 13.7. The van der Waals surface area contributed by atoms with Gasteiger partial charge >= 0.3 is 0 Å². The maximum Gasteiger partial charge on any atom is 0.269 e. The molecule has 0 fully saturated rings. The van der Waals surface area contributed by atoms with Crippen molar-refractivity contribution in [2.45, 2.75) is 38.1 Å². The first-order valence-corrected chi connectivity index (χ1v) is 9.20. The number of nitro benzene ring substituents is 1. The molecule has 0 heterocycles. The van der Waals surface area contributed by atoms with Gasteiger partial charge in [-0.1, -0.05) is 32.0 Å². The highest BCUT2D eigenvalue weighted by molar-refractivity contribution is 7.89. The van der Waals surface area contributed by atoms with Crippen molar-refractivity contribution in [2.24, 2.45) is 0 Å². The average Bonchev–Trinajstić information content (AvgIpc) is 2.59. The van der Waals surface area contributed by atoms with Crippen molar-refractivity contribution in [1.82, 2.24) is 4.72 Å². The summed E-state index contributed by atoms with van der Waals surface area (Å²) in [6.45, 7) is 4.26. The van der Waals surface area contributed by atoms with Gasteiger partial charge in [-0.15, -0.1) is 0 Å². The van der Waals surface area contributed by atoms with Crippen LogP contribution in [0.25, 0.3) is 0 Å². The second-order valence-corrected chi connectivity index (χ2v) is 7.15. The van der Waals surface area contributed by atoms with E-state index >= 15 is 0 Å². The predicted molar refractivity (Wildman–Crippen MR) is 92.3 cm³/mol. The van der Waals surface area contributed by atoms with Gasteiger partial charge < -0.3 is 0 Å². The van der Waals surface area contributed by atoms with Crippen molar-refractivity contribution < 1.29 is 13.3 Å². The summed E-state index contributed by atoms with van der Waals surface area (Å²) in [4.78, 5) is 10.1. The van der Waals surface area contributed by atoms with Crippen LogP contribution in [0.2, 0.25) is 0 Å². The Kier molecular flexibility index (Phi) is 5.69. The molecule has 0 aromatic heterocycles. The van der Waals surface area contributed by atoms with E-state index in [1.54, 1.807) is 0 Å². The Morgan fingerprint density at radius 3 is 2.21 bits per heavy atom. The summed E-state index contributed by atoms with van der Waals surface area (Å²) < 4.78 is 27.3. The molecule has 6 nitrogen and oxygen atoms in total. The van der Waals surface area contributed by atoms with Gasteiger partial charge in [0, 0.05) is 18.7 Å². The highest BCUT2D eigenvalue weighted by atomic mass is 32.2. The van der Waals surface area contributed by atoms with E-state index < -0.39 is 14.9 Å². The zero-order chi connectivity index (χ0) is 17.7. The molecule has 0 atom stereocenters. The van der Waals surface area contributed by atoms with Gasteiger partial charge in [0.15, 0.2) is 0 Å². The maximum atomic E-state index is 12.4. The van der Waals surface area contributed by atoms with Crippen LogP contribution >= 0.6 is 0 Å². The third-order valence-corrected chi connectivity index (χ3v) is 5.29. The second-order valence-electron chi connectivity index (χ2n) is 5.39. The third-order valence-electron chi connectivity index (χ3n) is 3.87. The zero-order valence-corrected chi connectivity index (χ0v) is 14.5. The van der Waals surface area contributed by atoms with Gasteiger partial charge in [-0.25, -0.2) is 13.1 Å². The van der Waals surface area contributed by atoms with Crippen LogP contribution < -0.4 is 4.72 Å². The maximum absolute atomic E-state index is 12.4. The Bertz CT molecular complexity index is 830. The van der Waals surface area contributed by atoms with Crippen LogP contribution in [-0.2, 0) is 29.4 Å². The fraction of sp³-hybridized carbons (Fsp3) is 0.294. The number of non-ortho nitro benzene ring substituents is 1. The Balaban J connectivity index is 2.19.